The SMILES string of the molecule is CCC(C)CC(=O)NCc1cccc(Br)c1. The Morgan fingerprint density at radius 3 is 2.88 bits per heavy atom. The molecule has 1 amide bonds. The minimum Gasteiger partial charge on any atom is -0.352 e. The second-order valence-electron chi connectivity index (χ2n) is 4.12. The van der Waals surface area contributed by atoms with Gasteiger partial charge < -0.3 is 5.32 Å². The number of amides is 1. The van der Waals surface area contributed by atoms with Gasteiger partial charge in [0.1, 0.15) is 0 Å². The van der Waals surface area contributed by atoms with E-state index in [-0.39, 0.29) is 5.91 Å². The first-order valence-corrected chi connectivity index (χ1v) is 6.42. The lowest BCUT2D eigenvalue weighted by atomic mass is 10.1. The fraction of sp³-hybridized carbons (Fsp3) is 0.462. The average Bonchev–Trinajstić information content (AvgIpc) is 2.26. The number of halogens is 1. The smallest absolute Gasteiger partial charge is 0.220 e. The highest BCUT2D eigenvalue weighted by molar-refractivity contribution is 9.10. The van der Waals surface area contributed by atoms with Crippen LogP contribution in [0.15, 0.2) is 28.7 Å². The zero-order valence-electron chi connectivity index (χ0n) is 9.79. The van der Waals surface area contributed by atoms with E-state index >= 15 is 0 Å². The highest BCUT2D eigenvalue weighted by atomic mass is 79.9. The highest BCUT2D eigenvalue weighted by Crippen LogP contribution is 2.11. The molecule has 1 rings (SSSR count). The van der Waals surface area contributed by atoms with Crippen molar-refractivity contribution < 1.29 is 4.79 Å². The van der Waals surface area contributed by atoms with Gasteiger partial charge in [-0.25, -0.2) is 0 Å². The molecule has 16 heavy (non-hydrogen) atoms. The molecule has 0 fully saturated rings. The van der Waals surface area contributed by atoms with Crippen molar-refractivity contribution in [1.29, 1.82) is 0 Å². The molecule has 0 spiro atoms. The molecule has 0 aliphatic carbocycles. The number of nitrogens with one attached hydrogen (secondary N) is 1. The molecule has 0 aliphatic heterocycles. The van der Waals surface area contributed by atoms with E-state index in [1.165, 1.54) is 0 Å². The first kappa shape index (κ1) is 13.2. The maximum absolute atomic E-state index is 11.5. The molecule has 0 aliphatic rings. The van der Waals surface area contributed by atoms with Gasteiger partial charge in [-0.05, 0) is 23.6 Å². The van der Waals surface area contributed by atoms with Crippen LogP contribution in [0.3, 0.4) is 0 Å². The Balaban J connectivity index is 2.37. The quantitative estimate of drug-likeness (QED) is 0.881. The second kappa shape index (κ2) is 6.69. The second-order valence-corrected chi connectivity index (χ2v) is 5.04. The van der Waals surface area contributed by atoms with Crippen molar-refractivity contribution in [3.63, 3.8) is 0 Å². The van der Waals surface area contributed by atoms with Crippen LogP contribution in [0.2, 0.25) is 0 Å². The van der Waals surface area contributed by atoms with Crippen molar-refractivity contribution in [2.45, 2.75) is 33.2 Å². The molecule has 1 atom stereocenters. The van der Waals surface area contributed by atoms with Crippen molar-refractivity contribution in [3.8, 4) is 0 Å². The fourth-order valence-electron chi connectivity index (χ4n) is 1.38. The van der Waals surface area contributed by atoms with Crippen molar-refractivity contribution in [2.75, 3.05) is 0 Å². The Hall–Kier alpha value is -0.830. The Kier molecular flexibility index (Phi) is 5.53. The van der Waals surface area contributed by atoms with Gasteiger partial charge in [0.05, 0.1) is 0 Å². The zero-order valence-corrected chi connectivity index (χ0v) is 11.4. The Labute approximate surface area is 106 Å². The lowest BCUT2D eigenvalue weighted by molar-refractivity contribution is -0.122. The summed E-state index contributed by atoms with van der Waals surface area (Å²) in [7, 11) is 0. The van der Waals surface area contributed by atoms with Gasteiger partial charge in [-0.3, -0.25) is 4.79 Å². The van der Waals surface area contributed by atoms with Gasteiger partial charge in [-0.1, -0.05) is 48.3 Å². The number of rotatable bonds is 5. The van der Waals surface area contributed by atoms with Crippen LogP contribution in [0.4, 0.5) is 0 Å². The van der Waals surface area contributed by atoms with Crippen molar-refractivity contribution in [2.24, 2.45) is 5.92 Å². The van der Waals surface area contributed by atoms with E-state index < -0.39 is 0 Å². The van der Waals surface area contributed by atoms with Crippen LogP contribution in [0.1, 0.15) is 32.3 Å². The molecular weight excluding hydrogens is 266 g/mol. The van der Waals surface area contributed by atoms with Crippen LogP contribution in [0, 0.1) is 5.92 Å². The van der Waals surface area contributed by atoms with Crippen molar-refractivity contribution in [1.82, 2.24) is 5.32 Å². The lowest BCUT2D eigenvalue weighted by Gasteiger charge is -2.09. The third kappa shape index (κ3) is 4.79. The minimum absolute atomic E-state index is 0.134. The van der Waals surface area contributed by atoms with E-state index in [1.807, 2.05) is 24.3 Å². The third-order valence-corrected chi connectivity index (χ3v) is 3.10. The molecule has 0 saturated carbocycles. The summed E-state index contributed by atoms with van der Waals surface area (Å²) in [6, 6.07) is 7.97. The summed E-state index contributed by atoms with van der Waals surface area (Å²) in [5, 5.41) is 2.93. The van der Waals surface area contributed by atoms with Crippen LogP contribution < -0.4 is 5.32 Å². The molecule has 1 aromatic carbocycles. The van der Waals surface area contributed by atoms with Gasteiger partial charge in [0.15, 0.2) is 0 Å². The number of hydrogen-bond donors (Lipinski definition) is 1. The van der Waals surface area contributed by atoms with Gasteiger partial charge in [-0.15, -0.1) is 0 Å². The standard InChI is InChI=1S/C13H18BrNO/c1-3-10(2)7-13(16)15-9-11-5-4-6-12(14)8-11/h4-6,8,10H,3,7,9H2,1-2H3,(H,15,16). The van der Waals surface area contributed by atoms with Gasteiger partial charge in [-0.2, -0.15) is 0 Å². The molecule has 1 unspecified atom stereocenters. The molecule has 0 saturated heterocycles. The van der Waals surface area contributed by atoms with Crippen molar-refractivity contribution >= 4 is 21.8 Å². The molecule has 1 N–H and O–H groups in total. The predicted molar refractivity (Wildman–Crippen MR) is 70.1 cm³/mol. The monoisotopic (exact) mass is 283 g/mol. The van der Waals surface area contributed by atoms with Crippen LogP contribution >= 0.6 is 15.9 Å². The summed E-state index contributed by atoms with van der Waals surface area (Å²) >= 11 is 3.41. The number of carbonyl (C=O) groups is 1. The fourth-order valence-corrected chi connectivity index (χ4v) is 1.83. The average molecular weight is 284 g/mol. The largest absolute Gasteiger partial charge is 0.352 e. The van der Waals surface area contributed by atoms with Crippen LogP contribution in [0.25, 0.3) is 0 Å². The minimum atomic E-state index is 0.134. The molecule has 2 nitrogen and oxygen atoms in total. The first-order valence-electron chi connectivity index (χ1n) is 5.63. The molecular formula is C13H18BrNO. The Bertz CT molecular complexity index is 352. The Morgan fingerprint density at radius 1 is 1.50 bits per heavy atom. The van der Waals surface area contributed by atoms with Gasteiger partial charge in [0, 0.05) is 17.4 Å². The van der Waals surface area contributed by atoms with Gasteiger partial charge >= 0.3 is 0 Å². The van der Waals surface area contributed by atoms with E-state index in [0.717, 1.165) is 16.5 Å². The van der Waals surface area contributed by atoms with E-state index in [1.54, 1.807) is 0 Å². The number of carbonyl (C=O) groups excluding carboxylic acids is 1. The normalized spacial score (nSPS) is 12.2. The molecule has 0 aromatic heterocycles. The maximum Gasteiger partial charge on any atom is 0.220 e. The van der Waals surface area contributed by atoms with E-state index in [4.69, 9.17) is 0 Å². The summed E-state index contributed by atoms with van der Waals surface area (Å²) in [5.74, 6) is 0.594. The number of hydrogen-bond acceptors (Lipinski definition) is 1. The van der Waals surface area contributed by atoms with Crippen LogP contribution in [-0.2, 0) is 11.3 Å². The number of benzene rings is 1. The molecule has 3 heteroatoms. The Morgan fingerprint density at radius 2 is 2.25 bits per heavy atom. The maximum atomic E-state index is 11.5. The molecule has 1 aromatic rings. The molecule has 0 heterocycles. The summed E-state index contributed by atoms with van der Waals surface area (Å²) in [5.41, 5.74) is 1.12. The lowest BCUT2D eigenvalue weighted by Crippen LogP contribution is -2.24. The van der Waals surface area contributed by atoms with E-state index in [9.17, 15) is 4.79 Å². The van der Waals surface area contributed by atoms with E-state index in [2.05, 4.69) is 35.1 Å². The van der Waals surface area contributed by atoms with Crippen LogP contribution in [-0.4, -0.2) is 5.91 Å². The predicted octanol–water partition coefficient (Wildman–Crippen LogP) is 3.50. The summed E-state index contributed by atoms with van der Waals surface area (Å²) in [6.07, 6.45) is 1.66. The topological polar surface area (TPSA) is 29.1 Å². The summed E-state index contributed by atoms with van der Waals surface area (Å²) in [4.78, 5) is 11.5. The van der Waals surface area contributed by atoms with Crippen molar-refractivity contribution in [3.05, 3.63) is 34.3 Å². The molecule has 88 valence electrons. The zero-order chi connectivity index (χ0) is 12.0. The third-order valence-electron chi connectivity index (χ3n) is 2.61. The first-order chi connectivity index (χ1) is 7.61. The van der Waals surface area contributed by atoms with Gasteiger partial charge in [0.25, 0.3) is 0 Å². The summed E-state index contributed by atoms with van der Waals surface area (Å²) < 4.78 is 1.04. The highest BCUT2D eigenvalue weighted by Gasteiger charge is 2.06. The molecule has 0 radical (unpaired) electrons. The summed E-state index contributed by atoms with van der Waals surface area (Å²) in [6.45, 7) is 4.81. The van der Waals surface area contributed by atoms with E-state index in [0.29, 0.717) is 18.9 Å². The van der Waals surface area contributed by atoms with Gasteiger partial charge in [0.2, 0.25) is 5.91 Å². The molecule has 0 bridgehead atoms. The van der Waals surface area contributed by atoms with Crippen LogP contribution in [0.5, 0.6) is 0 Å².